The zero-order chi connectivity index (χ0) is 15.6. The Bertz CT molecular complexity index is 585. The van der Waals surface area contributed by atoms with E-state index in [2.05, 4.69) is 0 Å². The quantitative estimate of drug-likeness (QED) is 0.842. The number of fused-ring (bicyclic) bond motifs is 1. The molecule has 0 unspecified atom stereocenters. The fraction of sp³-hybridized carbons (Fsp3) is 0.400. The smallest absolute Gasteiger partial charge is 0.327 e. The van der Waals surface area contributed by atoms with E-state index in [1.165, 1.54) is 4.90 Å². The molecular weight excluding hydrogens is 272 g/mol. The maximum atomic E-state index is 12.5. The van der Waals surface area contributed by atoms with Crippen LogP contribution in [0.25, 0.3) is 0 Å². The molecule has 112 valence electrons. The number of primary amides is 1. The van der Waals surface area contributed by atoms with Crippen LogP contribution in [0.1, 0.15) is 25.3 Å². The molecule has 3 N–H and O–H groups in total. The zero-order valence-corrected chi connectivity index (χ0v) is 11.8. The van der Waals surface area contributed by atoms with Gasteiger partial charge in [-0.05, 0) is 18.1 Å². The lowest BCUT2D eigenvalue weighted by atomic mass is 10.0. The van der Waals surface area contributed by atoms with Gasteiger partial charge in [-0.2, -0.15) is 0 Å². The fourth-order valence-electron chi connectivity index (χ4n) is 2.58. The number of benzene rings is 1. The van der Waals surface area contributed by atoms with Crippen molar-refractivity contribution in [1.82, 2.24) is 0 Å². The van der Waals surface area contributed by atoms with E-state index in [0.29, 0.717) is 18.5 Å². The van der Waals surface area contributed by atoms with Gasteiger partial charge in [0.25, 0.3) is 0 Å². The molecule has 0 saturated carbocycles. The summed E-state index contributed by atoms with van der Waals surface area (Å²) in [5.41, 5.74) is 6.58. The Morgan fingerprint density at radius 2 is 2.05 bits per heavy atom. The summed E-state index contributed by atoms with van der Waals surface area (Å²) in [6.07, 6.45) is 0.735. The Morgan fingerprint density at radius 3 is 2.67 bits per heavy atom. The third-order valence-electron chi connectivity index (χ3n) is 3.74. The summed E-state index contributed by atoms with van der Waals surface area (Å²) in [5.74, 6) is -2.23. The molecule has 0 saturated heterocycles. The highest BCUT2D eigenvalue weighted by Crippen LogP contribution is 2.33. The molecule has 0 fully saturated rings. The van der Waals surface area contributed by atoms with Crippen molar-refractivity contribution in [2.24, 2.45) is 11.7 Å². The molecule has 0 radical (unpaired) electrons. The fourth-order valence-corrected chi connectivity index (χ4v) is 2.58. The highest BCUT2D eigenvalue weighted by Gasteiger charge is 2.39. The molecule has 0 bridgehead atoms. The molecular formula is C15H18N2O4. The number of carboxylic acids is 1. The highest BCUT2D eigenvalue weighted by atomic mass is 16.4. The first-order valence-electron chi connectivity index (χ1n) is 6.84. The first-order valence-corrected chi connectivity index (χ1v) is 6.84. The van der Waals surface area contributed by atoms with Gasteiger partial charge < -0.3 is 10.8 Å². The number of anilines is 1. The maximum Gasteiger partial charge on any atom is 0.327 e. The van der Waals surface area contributed by atoms with Gasteiger partial charge in [0.1, 0.15) is 6.04 Å². The first-order chi connectivity index (χ1) is 9.91. The Labute approximate surface area is 122 Å². The minimum atomic E-state index is -1.03. The van der Waals surface area contributed by atoms with Crippen molar-refractivity contribution < 1.29 is 19.5 Å². The molecule has 1 aliphatic rings. The molecule has 1 aromatic carbocycles. The van der Waals surface area contributed by atoms with Crippen molar-refractivity contribution in [2.75, 3.05) is 4.90 Å². The zero-order valence-electron chi connectivity index (χ0n) is 11.8. The van der Waals surface area contributed by atoms with Crippen LogP contribution in [-0.2, 0) is 20.8 Å². The van der Waals surface area contributed by atoms with Gasteiger partial charge in [0, 0.05) is 24.4 Å². The molecule has 21 heavy (non-hydrogen) atoms. The van der Waals surface area contributed by atoms with Crippen LogP contribution < -0.4 is 10.6 Å². The van der Waals surface area contributed by atoms with E-state index >= 15 is 0 Å². The number of nitrogens with two attached hydrogens (primary N) is 1. The number of aliphatic carboxylic acids is 1. The molecule has 6 heteroatoms. The van der Waals surface area contributed by atoms with Gasteiger partial charge in [0.15, 0.2) is 0 Å². The molecule has 6 nitrogen and oxygen atoms in total. The predicted molar refractivity (Wildman–Crippen MR) is 76.6 cm³/mol. The summed E-state index contributed by atoms with van der Waals surface area (Å²) < 4.78 is 0. The van der Waals surface area contributed by atoms with Crippen molar-refractivity contribution >= 4 is 23.5 Å². The Kier molecular flexibility index (Phi) is 4.26. The molecule has 1 aromatic rings. The van der Waals surface area contributed by atoms with Crippen molar-refractivity contribution in [3.05, 3.63) is 29.8 Å². The normalized spacial score (nSPS) is 18.1. The molecule has 1 heterocycles. The van der Waals surface area contributed by atoms with Crippen LogP contribution in [0.15, 0.2) is 24.3 Å². The number of carbonyl (C=O) groups excluding carboxylic acids is 2. The molecule has 2 rings (SSSR count). The van der Waals surface area contributed by atoms with Gasteiger partial charge in [0.05, 0.1) is 0 Å². The van der Waals surface area contributed by atoms with Gasteiger partial charge >= 0.3 is 5.97 Å². The van der Waals surface area contributed by atoms with Crippen LogP contribution >= 0.6 is 0 Å². The summed E-state index contributed by atoms with van der Waals surface area (Å²) in [5, 5.41) is 9.34. The maximum absolute atomic E-state index is 12.5. The van der Waals surface area contributed by atoms with E-state index in [-0.39, 0.29) is 12.3 Å². The Hall–Kier alpha value is -2.37. The van der Waals surface area contributed by atoms with E-state index in [1.807, 2.05) is 12.1 Å². The Balaban J connectivity index is 2.24. The van der Waals surface area contributed by atoms with Gasteiger partial charge in [-0.25, -0.2) is 4.79 Å². The number of carboxylic acid groups (broad SMARTS) is 1. The minimum absolute atomic E-state index is 0.111. The summed E-state index contributed by atoms with van der Waals surface area (Å²) in [7, 11) is 0. The van der Waals surface area contributed by atoms with E-state index < -0.39 is 23.8 Å². The van der Waals surface area contributed by atoms with Crippen molar-refractivity contribution in [2.45, 2.75) is 32.2 Å². The number of carbonyl (C=O) groups is 3. The summed E-state index contributed by atoms with van der Waals surface area (Å²) in [6, 6.07) is 6.29. The second kappa shape index (κ2) is 5.95. The topological polar surface area (TPSA) is 101 Å². The summed E-state index contributed by atoms with van der Waals surface area (Å²) in [4.78, 5) is 36.1. The number of para-hydroxylation sites is 1. The SMILES string of the molecule is C[C@H](CCC(N)=O)C(=O)N1c2ccccc2C[C@H]1C(=O)O. The molecule has 1 aliphatic heterocycles. The molecule has 0 spiro atoms. The second-order valence-electron chi connectivity index (χ2n) is 5.30. The molecule has 2 amide bonds. The minimum Gasteiger partial charge on any atom is -0.480 e. The second-order valence-corrected chi connectivity index (χ2v) is 5.30. The number of amides is 2. The number of hydrogen-bond acceptors (Lipinski definition) is 3. The van der Waals surface area contributed by atoms with Crippen LogP contribution in [0.2, 0.25) is 0 Å². The number of hydrogen-bond donors (Lipinski definition) is 2. The Morgan fingerprint density at radius 1 is 1.38 bits per heavy atom. The van der Waals surface area contributed by atoms with Crippen LogP contribution in [0, 0.1) is 5.92 Å². The van der Waals surface area contributed by atoms with Crippen LogP contribution in [0.3, 0.4) is 0 Å². The number of rotatable bonds is 5. The lowest BCUT2D eigenvalue weighted by Crippen LogP contribution is -2.45. The van der Waals surface area contributed by atoms with Gasteiger partial charge in [0.2, 0.25) is 11.8 Å². The third-order valence-corrected chi connectivity index (χ3v) is 3.74. The average molecular weight is 290 g/mol. The highest BCUT2D eigenvalue weighted by molar-refractivity contribution is 6.02. The largest absolute Gasteiger partial charge is 0.480 e. The third kappa shape index (κ3) is 3.04. The van der Waals surface area contributed by atoms with Gasteiger partial charge in [-0.3, -0.25) is 14.5 Å². The molecule has 2 atom stereocenters. The predicted octanol–water partition coefficient (Wildman–Crippen LogP) is 0.930. The standard InChI is InChI=1S/C15H18N2O4/c1-9(6-7-13(16)18)14(19)17-11-5-3-2-4-10(11)8-12(17)15(20)21/h2-5,9,12H,6-8H2,1H3,(H2,16,18)(H,20,21)/t9-,12+/m1/s1. The monoisotopic (exact) mass is 290 g/mol. The lowest BCUT2D eigenvalue weighted by molar-refractivity contribution is -0.140. The van der Waals surface area contributed by atoms with E-state index in [9.17, 15) is 19.5 Å². The van der Waals surface area contributed by atoms with Gasteiger partial charge in [-0.1, -0.05) is 25.1 Å². The van der Waals surface area contributed by atoms with E-state index in [0.717, 1.165) is 5.56 Å². The van der Waals surface area contributed by atoms with Crippen molar-refractivity contribution in [1.29, 1.82) is 0 Å². The van der Waals surface area contributed by atoms with Crippen molar-refractivity contribution in [3.63, 3.8) is 0 Å². The average Bonchev–Trinajstić information content (AvgIpc) is 2.83. The van der Waals surface area contributed by atoms with Crippen LogP contribution in [-0.4, -0.2) is 28.9 Å². The van der Waals surface area contributed by atoms with Crippen LogP contribution in [0.4, 0.5) is 5.69 Å². The summed E-state index contributed by atoms with van der Waals surface area (Å²) in [6.45, 7) is 1.69. The molecule has 0 aromatic heterocycles. The van der Waals surface area contributed by atoms with Crippen molar-refractivity contribution in [3.8, 4) is 0 Å². The van der Waals surface area contributed by atoms with E-state index in [4.69, 9.17) is 5.73 Å². The van der Waals surface area contributed by atoms with E-state index in [1.54, 1.807) is 19.1 Å². The van der Waals surface area contributed by atoms with Crippen LogP contribution in [0.5, 0.6) is 0 Å². The molecule has 0 aliphatic carbocycles. The first kappa shape index (κ1) is 15.0. The number of nitrogens with zero attached hydrogens (tertiary/aromatic N) is 1. The van der Waals surface area contributed by atoms with Gasteiger partial charge in [-0.15, -0.1) is 0 Å². The lowest BCUT2D eigenvalue weighted by Gasteiger charge is -2.25. The summed E-state index contributed by atoms with van der Waals surface area (Å²) >= 11 is 0.